The van der Waals surface area contributed by atoms with Crippen LogP contribution < -0.4 is 5.32 Å². The van der Waals surface area contributed by atoms with E-state index in [-0.39, 0.29) is 10.6 Å². The maximum atomic E-state index is 10.7. The number of nitro benzene ring substituents is 1. The van der Waals surface area contributed by atoms with Crippen molar-refractivity contribution in [3.63, 3.8) is 0 Å². The summed E-state index contributed by atoms with van der Waals surface area (Å²) in [5, 5.41) is 14.3. The largest absolute Gasteiger partial charge is 0.310 e. The predicted molar refractivity (Wildman–Crippen MR) is 76.0 cm³/mol. The van der Waals surface area contributed by atoms with Crippen molar-refractivity contribution in [3.05, 3.63) is 39.9 Å². The van der Waals surface area contributed by atoms with Gasteiger partial charge in [0.05, 0.1) is 4.92 Å². The van der Waals surface area contributed by atoms with Gasteiger partial charge in [0.1, 0.15) is 0 Å². The first kappa shape index (κ1) is 14.0. The van der Waals surface area contributed by atoms with Crippen molar-refractivity contribution in [2.75, 3.05) is 0 Å². The van der Waals surface area contributed by atoms with Gasteiger partial charge in [0.25, 0.3) is 5.69 Å². The molecule has 0 radical (unpaired) electrons. The molecule has 1 N–H and O–H groups in total. The van der Waals surface area contributed by atoms with Gasteiger partial charge in [-0.2, -0.15) is 0 Å². The molecule has 104 valence electrons. The van der Waals surface area contributed by atoms with Crippen molar-refractivity contribution >= 4 is 5.69 Å². The van der Waals surface area contributed by atoms with E-state index in [4.69, 9.17) is 0 Å². The topological polar surface area (TPSA) is 55.2 Å². The minimum absolute atomic E-state index is 0.178. The number of hydrogen-bond donors (Lipinski definition) is 1. The summed E-state index contributed by atoms with van der Waals surface area (Å²) in [7, 11) is 0. The number of non-ortho nitro benzene ring substituents is 1. The zero-order valence-electron chi connectivity index (χ0n) is 11.3. The van der Waals surface area contributed by atoms with E-state index < -0.39 is 0 Å². The van der Waals surface area contributed by atoms with E-state index in [1.54, 1.807) is 18.2 Å². The van der Waals surface area contributed by atoms with Crippen molar-refractivity contribution in [3.8, 4) is 0 Å². The summed E-state index contributed by atoms with van der Waals surface area (Å²) >= 11 is 0. The van der Waals surface area contributed by atoms with Gasteiger partial charge in [-0.05, 0) is 18.4 Å². The van der Waals surface area contributed by atoms with Crippen molar-refractivity contribution in [1.29, 1.82) is 0 Å². The molecule has 0 heterocycles. The zero-order valence-corrected chi connectivity index (χ0v) is 11.3. The monoisotopic (exact) mass is 262 g/mol. The van der Waals surface area contributed by atoms with Crippen LogP contribution in [0.2, 0.25) is 0 Å². The minimum atomic E-state index is -0.334. The third kappa shape index (κ3) is 4.63. The Morgan fingerprint density at radius 2 is 1.84 bits per heavy atom. The molecule has 1 aliphatic rings. The van der Waals surface area contributed by atoms with Gasteiger partial charge in [0, 0.05) is 24.7 Å². The molecule has 2 rings (SSSR count). The highest BCUT2D eigenvalue weighted by molar-refractivity contribution is 5.34. The lowest BCUT2D eigenvalue weighted by Crippen LogP contribution is -2.29. The number of hydrogen-bond acceptors (Lipinski definition) is 3. The van der Waals surface area contributed by atoms with E-state index in [1.807, 2.05) is 6.07 Å². The van der Waals surface area contributed by atoms with Crippen LogP contribution in [0.4, 0.5) is 5.69 Å². The Labute approximate surface area is 114 Å². The Bertz CT molecular complexity index is 412. The molecule has 0 aliphatic heterocycles. The Hall–Kier alpha value is -1.42. The first-order valence-corrected chi connectivity index (χ1v) is 7.22. The molecule has 4 heteroatoms. The average Bonchev–Trinajstić information content (AvgIpc) is 2.38. The van der Waals surface area contributed by atoms with E-state index >= 15 is 0 Å². The molecule has 0 atom stereocenters. The highest BCUT2D eigenvalue weighted by atomic mass is 16.6. The molecule has 1 saturated carbocycles. The van der Waals surface area contributed by atoms with Gasteiger partial charge < -0.3 is 5.32 Å². The highest BCUT2D eigenvalue weighted by Gasteiger charge is 2.11. The fourth-order valence-electron chi connectivity index (χ4n) is 2.70. The van der Waals surface area contributed by atoms with Crippen LogP contribution in [-0.2, 0) is 6.54 Å². The summed E-state index contributed by atoms with van der Waals surface area (Å²) in [5.74, 6) is 0. The van der Waals surface area contributed by atoms with Crippen molar-refractivity contribution in [2.24, 2.45) is 0 Å². The summed E-state index contributed by atoms with van der Waals surface area (Å²) in [6.45, 7) is 0.729. The Morgan fingerprint density at radius 1 is 1.16 bits per heavy atom. The Morgan fingerprint density at radius 3 is 2.53 bits per heavy atom. The normalized spacial score (nSPS) is 17.7. The molecule has 0 unspecified atom stereocenters. The highest BCUT2D eigenvalue weighted by Crippen LogP contribution is 2.18. The maximum absolute atomic E-state index is 10.7. The van der Waals surface area contributed by atoms with Crippen LogP contribution in [0.5, 0.6) is 0 Å². The van der Waals surface area contributed by atoms with E-state index in [9.17, 15) is 10.1 Å². The fraction of sp³-hybridized carbons (Fsp3) is 0.600. The molecule has 4 nitrogen and oxygen atoms in total. The van der Waals surface area contributed by atoms with Gasteiger partial charge in [-0.3, -0.25) is 10.1 Å². The molecule has 1 aromatic rings. The van der Waals surface area contributed by atoms with Crippen LogP contribution in [0.25, 0.3) is 0 Å². The van der Waals surface area contributed by atoms with Gasteiger partial charge in [-0.15, -0.1) is 0 Å². The van der Waals surface area contributed by atoms with Crippen LogP contribution in [0.1, 0.15) is 50.5 Å². The van der Waals surface area contributed by atoms with Crippen LogP contribution in [0.3, 0.4) is 0 Å². The van der Waals surface area contributed by atoms with Gasteiger partial charge in [0.15, 0.2) is 0 Å². The summed E-state index contributed by atoms with van der Waals surface area (Å²) < 4.78 is 0. The first-order valence-electron chi connectivity index (χ1n) is 7.22. The molecule has 19 heavy (non-hydrogen) atoms. The molecular weight excluding hydrogens is 240 g/mol. The summed E-state index contributed by atoms with van der Waals surface area (Å²) in [6, 6.07) is 7.48. The fourth-order valence-corrected chi connectivity index (χ4v) is 2.70. The molecule has 1 aliphatic carbocycles. The van der Waals surface area contributed by atoms with E-state index in [0.717, 1.165) is 12.1 Å². The van der Waals surface area contributed by atoms with Crippen LogP contribution in [0, 0.1) is 10.1 Å². The summed E-state index contributed by atoms with van der Waals surface area (Å²) in [4.78, 5) is 10.4. The third-order valence-electron chi connectivity index (χ3n) is 3.82. The minimum Gasteiger partial charge on any atom is -0.310 e. The van der Waals surface area contributed by atoms with Crippen molar-refractivity contribution in [1.82, 2.24) is 5.32 Å². The lowest BCUT2D eigenvalue weighted by Gasteiger charge is -2.21. The second-order valence-electron chi connectivity index (χ2n) is 5.35. The lowest BCUT2D eigenvalue weighted by molar-refractivity contribution is -0.384. The van der Waals surface area contributed by atoms with Gasteiger partial charge in [0.2, 0.25) is 0 Å². The maximum Gasteiger partial charge on any atom is 0.269 e. The number of nitrogens with zero attached hydrogens (tertiary/aromatic N) is 1. The number of benzene rings is 1. The average molecular weight is 262 g/mol. The predicted octanol–water partition coefficient (Wildman–Crippen LogP) is 3.80. The molecule has 0 bridgehead atoms. The van der Waals surface area contributed by atoms with Crippen LogP contribution in [-0.4, -0.2) is 11.0 Å². The molecule has 0 aromatic heterocycles. The SMILES string of the molecule is O=[N+]([O-])c1cccc(CNC2CCCCCCC2)c1. The quantitative estimate of drug-likeness (QED) is 0.663. The molecule has 1 fully saturated rings. The first-order chi connectivity index (χ1) is 9.25. The number of rotatable bonds is 4. The molecule has 0 saturated heterocycles. The smallest absolute Gasteiger partial charge is 0.269 e. The molecule has 1 aromatic carbocycles. The standard InChI is InChI=1S/C15H22N2O2/c18-17(19)15-10-6-7-13(11-15)12-16-14-8-4-2-1-3-5-9-14/h6-7,10-11,14,16H,1-5,8-9,12H2. The third-order valence-corrected chi connectivity index (χ3v) is 3.82. The number of nitrogens with one attached hydrogen (secondary N) is 1. The van der Waals surface area contributed by atoms with E-state index in [1.165, 1.54) is 44.9 Å². The Balaban J connectivity index is 1.86. The molecule has 0 spiro atoms. The van der Waals surface area contributed by atoms with Crippen molar-refractivity contribution in [2.45, 2.75) is 57.5 Å². The van der Waals surface area contributed by atoms with Crippen molar-refractivity contribution < 1.29 is 4.92 Å². The van der Waals surface area contributed by atoms with Crippen LogP contribution in [0.15, 0.2) is 24.3 Å². The lowest BCUT2D eigenvalue weighted by atomic mass is 9.96. The Kier molecular flexibility index (Phi) is 5.33. The van der Waals surface area contributed by atoms with E-state index in [0.29, 0.717) is 6.04 Å². The van der Waals surface area contributed by atoms with Gasteiger partial charge >= 0.3 is 0 Å². The zero-order chi connectivity index (χ0) is 13.5. The van der Waals surface area contributed by atoms with Gasteiger partial charge in [-0.25, -0.2) is 0 Å². The molecular formula is C15H22N2O2. The van der Waals surface area contributed by atoms with Crippen LogP contribution >= 0.6 is 0 Å². The van der Waals surface area contributed by atoms with E-state index in [2.05, 4.69) is 5.32 Å². The number of nitro groups is 1. The molecule has 0 amide bonds. The second kappa shape index (κ2) is 7.24. The second-order valence-corrected chi connectivity index (χ2v) is 5.35. The summed E-state index contributed by atoms with van der Waals surface area (Å²) in [5.41, 5.74) is 1.17. The van der Waals surface area contributed by atoms with Gasteiger partial charge in [-0.1, -0.05) is 44.2 Å². The summed E-state index contributed by atoms with van der Waals surface area (Å²) in [6.07, 6.45) is 9.12.